The predicted molar refractivity (Wildman–Crippen MR) is 82.4 cm³/mol. The zero-order valence-electron chi connectivity index (χ0n) is 12.1. The number of hydrogen-bond donors (Lipinski definition) is 0. The van der Waals surface area contributed by atoms with Crippen molar-refractivity contribution in [2.24, 2.45) is 0 Å². The third-order valence-corrected chi connectivity index (χ3v) is 3.19. The Kier molecular flexibility index (Phi) is 3.79. The molecule has 0 bridgehead atoms. The van der Waals surface area contributed by atoms with Gasteiger partial charge in [-0.05, 0) is 24.3 Å². The molecule has 108 valence electrons. The molecule has 0 fully saturated rings. The van der Waals surface area contributed by atoms with E-state index in [1.807, 2.05) is 48.3 Å². The number of rotatable bonds is 4. The minimum Gasteiger partial charge on any atom is -0.354 e. The molecule has 22 heavy (non-hydrogen) atoms. The third kappa shape index (κ3) is 2.94. The van der Waals surface area contributed by atoms with Crippen LogP contribution in [0.4, 0.5) is 5.82 Å². The van der Waals surface area contributed by atoms with Gasteiger partial charge in [-0.25, -0.2) is 4.98 Å². The Balaban J connectivity index is 1.73. The summed E-state index contributed by atoms with van der Waals surface area (Å²) in [5.41, 5.74) is 2.32. The summed E-state index contributed by atoms with van der Waals surface area (Å²) in [5.74, 6) is 0.785. The molecule has 0 amide bonds. The van der Waals surface area contributed by atoms with Crippen molar-refractivity contribution in [3.8, 4) is 11.8 Å². The molecule has 0 saturated carbocycles. The topological polar surface area (TPSA) is 70.6 Å². The average molecular weight is 290 g/mol. The van der Waals surface area contributed by atoms with E-state index in [-0.39, 0.29) is 0 Å². The maximum absolute atomic E-state index is 8.79. The van der Waals surface area contributed by atoms with Gasteiger partial charge in [-0.15, -0.1) is 0 Å². The van der Waals surface area contributed by atoms with Crippen LogP contribution in [0.1, 0.15) is 11.3 Å². The minimum atomic E-state index is 0.548. The zero-order chi connectivity index (χ0) is 15.4. The fraction of sp³-hybridized carbons (Fsp3) is 0.125. The fourth-order valence-corrected chi connectivity index (χ4v) is 2.05. The second-order valence-corrected chi connectivity index (χ2v) is 4.83. The first-order valence-electron chi connectivity index (χ1n) is 6.80. The number of pyridine rings is 1. The average Bonchev–Trinajstić information content (AvgIpc) is 3.04. The quantitative estimate of drug-likeness (QED) is 0.736. The first-order chi connectivity index (χ1) is 10.8. The summed E-state index contributed by atoms with van der Waals surface area (Å²) in [6.45, 7) is 0.589. The van der Waals surface area contributed by atoms with Crippen molar-refractivity contribution in [1.82, 2.24) is 20.0 Å². The van der Waals surface area contributed by atoms with Crippen LogP contribution in [0.2, 0.25) is 0 Å². The van der Waals surface area contributed by atoms with E-state index >= 15 is 0 Å². The molecule has 3 rings (SSSR count). The SMILES string of the molecule is CN(Cc1cnn(-c2ccccc2)n1)c1ccc(C#N)cn1. The Morgan fingerprint density at radius 1 is 1.14 bits per heavy atom. The van der Waals surface area contributed by atoms with E-state index in [2.05, 4.69) is 21.3 Å². The van der Waals surface area contributed by atoms with Crippen LogP contribution >= 0.6 is 0 Å². The van der Waals surface area contributed by atoms with Gasteiger partial charge < -0.3 is 4.90 Å². The second kappa shape index (κ2) is 6.06. The van der Waals surface area contributed by atoms with Crippen molar-refractivity contribution >= 4 is 5.82 Å². The van der Waals surface area contributed by atoms with E-state index < -0.39 is 0 Å². The third-order valence-electron chi connectivity index (χ3n) is 3.19. The van der Waals surface area contributed by atoms with Gasteiger partial charge >= 0.3 is 0 Å². The van der Waals surface area contributed by atoms with Gasteiger partial charge in [0.1, 0.15) is 17.6 Å². The van der Waals surface area contributed by atoms with Gasteiger partial charge in [0.05, 0.1) is 24.0 Å². The van der Waals surface area contributed by atoms with Crippen LogP contribution in [-0.4, -0.2) is 27.0 Å². The molecule has 0 aliphatic carbocycles. The summed E-state index contributed by atoms with van der Waals surface area (Å²) in [6, 6.07) is 15.4. The predicted octanol–water partition coefficient (Wildman–Crippen LogP) is 2.17. The Hall–Kier alpha value is -3.20. The summed E-state index contributed by atoms with van der Waals surface area (Å²) in [5, 5.41) is 17.5. The van der Waals surface area contributed by atoms with Crippen LogP contribution in [0, 0.1) is 11.3 Å². The monoisotopic (exact) mass is 290 g/mol. The lowest BCUT2D eigenvalue weighted by atomic mass is 10.3. The zero-order valence-corrected chi connectivity index (χ0v) is 12.1. The number of nitriles is 1. The van der Waals surface area contributed by atoms with E-state index in [1.165, 1.54) is 0 Å². The Morgan fingerprint density at radius 2 is 1.95 bits per heavy atom. The molecule has 6 heteroatoms. The first-order valence-corrected chi connectivity index (χ1v) is 6.80. The normalized spacial score (nSPS) is 10.2. The van der Waals surface area contributed by atoms with Crippen molar-refractivity contribution in [3.05, 3.63) is 66.1 Å². The van der Waals surface area contributed by atoms with Crippen molar-refractivity contribution in [3.63, 3.8) is 0 Å². The van der Waals surface area contributed by atoms with Gasteiger partial charge in [-0.3, -0.25) is 0 Å². The van der Waals surface area contributed by atoms with Crippen molar-refractivity contribution < 1.29 is 0 Å². The van der Waals surface area contributed by atoms with Gasteiger partial charge in [-0.2, -0.15) is 20.3 Å². The number of hydrogen-bond acceptors (Lipinski definition) is 5. The van der Waals surface area contributed by atoms with Gasteiger partial charge in [0.2, 0.25) is 0 Å². The molecule has 0 aliphatic heterocycles. The van der Waals surface area contributed by atoms with Gasteiger partial charge in [-0.1, -0.05) is 18.2 Å². The molecule has 0 N–H and O–H groups in total. The molecule has 0 radical (unpaired) electrons. The molecule has 0 spiro atoms. The lowest BCUT2D eigenvalue weighted by Crippen LogP contribution is -2.18. The van der Waals surface area contributed by atoms with Gasteiger partial charge in [0.25, 0.3) is 0 Å². The highest BCUT2D eigenvalue weighted by atomic mass is 15.5. The summed E-state index contributed by atoms with van der Waals surface area (Å²) >= 11 is 0. The first kappa shape index (κ1) is 13.8. The maximum Gasteiger partial charge on any atom is 0.128 e. The molecule has 3 aromatic rings. The smallest absolute Gasteiger partial charge is 0.128 e. The fourth-order valence-electron chi connectivity index (χ4n) is 2.05. The molecular weight excluding hydrogens is 276 g/mol. The number of benzene rings is 1. The van der Waals surface area contributed by atoms with E-state index in [0.717, 1.165) is 17.2 Å². The molecular formula is C16H14N6. The molecule has 2 heterocycles. The van der Waals surface area contributed by atoms with Gasteiger partial charge in [0, 0.05) is 13.2 Å². The number of nitrogens with zero attached hydrogens (tertiary/aromatic N) is 6. The standard InChI is InChI=1S/C16H14N6/c1-21(16-8-7-13(9-17)10-18-16)12-14-11-19-22(20-14)15-5-3-2-4-6-15/h2-8,10-11H,12H2,1H3. The molecule has 2 aromatic heterocycles. The molecule has 1 aromatic carbocycles. The summed E-state index contributed by atoms with van der Waals surface area (Å²) in [4.78, 5) is 7.82. The van der Waals surface area contributed by atoms with E-state index in [4.69, 9.17) is 5.26 Å². The number of para-hydroxylation sites is 1. The van der Waals surface area contributed by atoms with Crippen molar-refractivity contribution in [2.45, 2.75) is 6.54 Å². The van der Waals surface area contributed by atoms with Crippen molar-refractivity contribution in [2.75, 3.05) is 11.9 Å². The Labute approximate surface area is 128 Å². The van der Waals surface area contributed by atoms with Crippen LogP contribution in [0.3, 0.4) is 0 Å². The highest BCUT2D eigenvalue weighted by molar-refractivity contribution is 5.41. The number of anilines is 1. The summed E-state index contributed by atoms with van der Waals surface area (Å²) < 4.78 is 0. The van der Waals surface area contributed by atoms with E-state index in [0.29, 0.717) is 12.1 Å². The Morgan fingerprint density at radius 3 is 2.64 bits per heavy atom. The molecule has 0 unspecified atom stereocenters. The minimum absolute atomic E-state index is 0.548. The molecule has 0 saturated heterocycles. The van der Waals surface area contributed by atoms with Crippen LogP contribution < -0.4 is 4.90 Å². The second-order valence-electron chi connectivity index (χ2n) is 4.83. The largest absolute Gasteiger partial charge is 0.354 e. The summed E-state index contributed by atoms with van der Waals surface area (Å²) in [6.07, 6.45) is 3.31. The molecule has 0 atom stereocenters. The maximum atomic E-state index is 8.79. The van der Waals surface area contributed by atoms with Crippen LogP contribution in [0.15, 0.2) is 54.9 Å². The van der Waals surface area contributed by atoms with Crippen LogP contribution in [0.5, 0.6) is 0 Å². The molecule has 0 aliphatic rings. The van der Waals surface area contributed by atoms with Crippen molar-refractivity contribution in [1.29, 1.82) is 5.26 Å². The van der Waals surface area contributed by atoms with E-state index in [1.54, 1.807) is 23.3 Å². The Bertz CT molecular complexity index is 786. The molecule has 6 nitrogen and oxygen atoms in total. The lowest BCUT2D eigenvalue weighted by molar-refractivity contribution is 0.731. The highest BCUT2D eigenvalue weighted by Crippen LogP contribution is 2.12. The summed E-state index contributed by atoms with van der Waals surface area (Å²) in [7, 11) is 1.93. The lowest BCUT2D eigenvalue weighted by Gasteiger charge is -2.16. The van der Waals surface area contributed by atoms with Crippen LogP contribution in [0.25, 0.3) is 5.69 Å². The van der Waals surface area contributed by atoms with Gasteiger partial charge in [0.15, 0.2) is 0 Å². The highest BCUT2D eigenvalue weighted by Gasteiger charge is 2.08. The van der Waals surface area contributed by atoms with Crippen LogP contribution in [-0.2, 0) is 6.54 Å². The number of aromatic nitrogens is 4. The van der Waals surface area contributed by atoms with E-state index in [9.17, 15) is 0 Å².